The zero-order valence-corrected chi connectivity index (χ0v) is 6.82. The summed E-state index contributed by atoms with van der Waals surface area (Å²) in [5.41, 5.74) is 6.95. The van der Waals surface area contributed by atoms with E-state index >= 15 is 0 Å². The van der Waals surface area contributed by atoms with Gasteiger partial charge in [0, 0.05) is 5.69 Å². The first-order chi connectivity index (χ1) is 5.77. The van der Waals surface area contributed by atoms with Crippen molar-refractivity contribution in [3.8, 4) is 5.75 Å². The standard InChI is InChI=1S/C8H10N3O/c1-12-8-3-2-7(9)4-6(8)5-11-10/h2-4H,5,9H2,1H3/q+1. The van der Waals surface area contributed by atoms with Crippen molar-refractivity contribution in [3.63, 3.8) is 0 Å². The average Bonchev–Trinajstić information content (AvgIpc) is 2.05. The highest BCUT2D eigenvalue weighted by atomic mass is 16.5. The third-order valence-electron chi connectivity index (χ3n) is 1.55. The lowest BCUT2D eigenvalue weighted by Crippen LogP contribution is -1.92. The largest absolute Gasteiger partial charge is 0.496 e. The summed E-state index contributed by atoms with van der Waals surface area (Å²) in [4.78, 5) is 3.02. The fourth-order valence-corrected chi connectivity index (χ4v) is 0.998. The fraction of sp³-hybridized carbons (Fsp3) is 0.250. The molecule has 2 N–H and O–H groups in total. The highest BCUT2D eigenvalue weighted by Crippen LogP contribution is 2.21. The van der Waals surface area contributed by atoms with Crippen LogP contribution in [0.5, 0.6) is 5.75 Å². The number of hydrogen-bond acceptors (Lipinski definition) is 3. The van der Waals surface area contributed by atoms with Gasteiger partial charge in [0.1, 0.15) is 10.7 Å². The molecule has 0 spiro atoms. The van der Waals surface area contributed by atoms with E-state index in [2.05, 4.69) is 4.98 Å². The van der Waals surface area contributed by atoms with Gasteiger partial charge in [-0.15, -0.1) is 0 Å². The second-order valence-electron chi connectivity index (χ2n) is 2.37. The third kappa shape index (κ3) is 1.64. The van der Waals surface area contributed by atoms with Crippen LogP contribution in [0.4, 0.5) is 5.69 Å². The molecule has 0 atom stereocenters. The lowest BCUT2D eigenvalue weighted by Gasteiger charge is -2.02. The van der Waals surface area contributed by atoms with Crippen LogP contribution in [0.1, 0.15) is 5.56 Å². The quantitative estimate of drug-likeness (QED) is 0.533. The summed E-state index contributed by atoms with van der Waals surface area (Å²) in [5.74, 6) is 0.682. The SMILES string of the molecule is COc1ccc(N)cc1C[N+]#N. The second kappa shape index (κ2) is 3.58. The molecule has 0 fully saturated rings. The summed E-state index contributed by atoms with van der Waals surface area (Å²) < 4.78 is 5.03. The highest BCUT2D eigenvalue weighted by Gasteiger charge is 2.08. The fourth-order valence-electron chi connectivity index (χ4n) is 0.998. The predicted octanol–water partition coefficient (Wildman–Crippen LogP) is 1.63. The van der Waals surface area contributed by atoms with Gasteiger partial charge in [0.2, 0.25) is 5.39 Å². The number of nitrogens with zero attached hydrogens (tertiary/aromatic N) is 2. The van der Waals surface area contributed by atoms with Gasteiger partial charge in [0.05, 0.1) is 12.7 Å². The number of ether oxygens (including phenoxy) is 1. The molecule has 0 aliphatic heterocycles. The number of nitrogens with two attached hydrogens (primary N) is 1. The zero-order valence-electron chi connectivity index (χ0n) is 6.82. The van der Waals surface area contributed by atoms with Crippen LogP contribution in [0.2, 0.25) is 0 Å². The van der Waals surface area contributed by atoms with Crippen molar-refractivity contribution in [3.05, 3.63) is 28.7 Å². The first-order valence-electron chi connectivity index (χ1n) is 3.51. The number of hydrogen-bond donors (Lipinski definition) is 1. The van der Waals surface area contributed by atoms with E-state index in [9.17, 15) is 0 Å². The number of methoxy groups -OCH3 is 1. The Kier molecular flexibility index (Phi) is 2.49. The Balaban J connectivity index is 3.05. The number of nitrogen functional groups attached to an aromatic ring is 1. The smallest absolute Gasteiger partial charge is 0.334 e. The molecule has 1 aromatic carbocycles. The van der Waals surface area contributed by atoms with Crippen LogP contribution in [-0.2, 0) is 6.54 Å². The van der Waals surface area contributed by atoms with Crippen LogP contribution in [-0.4, -0.2) is 7.11 Å². The summed E-state index contributed by atoms with van der Waals surface area (Å²) in [5, 5.41) is 8.36. The molecule has 0 heterocycles. The van der Waals surface area contributed by atoms with E-state index in [1.165, 1.54) is 0 Å². The first-order valence-corrected chi connectivity index (χ1v) is 3.51. The molecule has 62 valence electrons. The molecule has 0 amide bonds. The molecule has 0 unspecified atom stereocenters. The van der Waals surface area contributed by atoms with Gasteiger partial charge in [-0.3, -0.25) is 0 Å². The van der Waals surface area contributed by atoms with Crippen LogP contribution in [0, 0.1) is 5.39 Å². The van der Waals surface area contributed by atoms with Gasteiger partial charge in [-0.25, -0.2) is 0 Å². The Morgan fingerprint density at radius 1 is 1.58 bits per heavy atom. The van der Waals surface area contributed by atoms with Gasteiger partial charge in [-0.1, -0.05) is 0 Å². The van der Waals surface area contributed by atoms with Crippen LogP contribution in [0.3, 0.4) is 0 Å². The van der Waals surface area contributed by atoms with Gasteiger partial charge in [-0.2, -0.15) is 0 Å². The van der Waals surface area contributed by atoms with E-state index < -0.39 is 0 Å². The Morgan fingerprint density at radius 2 is 2.33 bits per heavy atom. The van der Waals surface area contributed by atoms with Gasteiger partial charge >= 0.3 is 6.54 Å². The second-order valence-corrected chi connectivity index (χ2v) is 2.37. The van der Waals surface area contributed by atoms with Crippen LogP contribution < -0.4 is 10.5 Å². The van der Waals surface area contributed by atoms with Crippen molar-refractivity contribution in [1.82, 2.24) is 0 Å². The highest BCUT2D eigenvalue weighted by molar-refractivity contribution is 5.48. The molecule has 0 saturated carbocycles. The molecule has 1 aromatic rings. The molecule has 0 bridgehead atoms. The lowest BCUT2D eigenvalue weighted by molar-refractivity contribution is 0.410. The van der Waals surface area contributed by atoms with Gasteiger partial charge < -0.3 is 10.5 Å². The Labute approximate surface area is 70.6 Å². The first kappa shape index (κ1) is 8.34. The van der Waals surface area contributed by atoms with E-state index in [-0.39, 0.29) is 6.54 Å². The van der Waals surface area contributed by atoms with Crippen molar-refractivity contribution < 1.29 is 4.74 Å². The molecule has 4 heteroatoms. The summed E-state index contributed by atoms with van der Waals surface area (Å²) in [7, 11) is 1.56. The van der Waals surface area contributed by atoms with Crippen LogP contribution >= 0.6 is 0 Å². The average molecular weight is 164 g/mol. The maximum absolute atomic E-state index is 8.36. The Morgan fingerprint density at radius 3 is 2.92 bits per heavy atom. The maximum Gasteiger partial charge on any atom is 0.334 e. The van der Waals surface area contributed by atoms with E-state index in [0.717, 1.165) is 5.56 Å². The molecule has 0 aliphatic rings. The number of diazo groups is 1. The van der Waals surface area contributed by atoms with Crippen molar-refractivity contribution in [2.75, 3.05) is 12.8 Å². The minimum Gasteiger partial charge on any atom is -0.496 e. The van der Waals surface area contributed by atoms with Crippen molar-refractivity contribution in [2.24, 2.45) is 0 Å². The lowest BCUT2D eigenvalue weighted by atomic mass is 10.2. The summed E-state index contributed by atoms with van der Waals surface area (Å²) in [6.07, 6.45) is 0. The molecule has 0 aromatic heterocycles. The molecule has 0 radical (unpaired) electrons. The number of rotatable bonds is 2. The molecule has 12 heavy (non-hydrogen) atoms. The predicted molar refractivity (Wildman–Crippen MR) is 46.2 cm³/mol. The normalized spacial score (nSPS) is 9.00. The van der Waals surface area contributed by atoms with E-state index in [0.29, 0.717) is 11.4 Å². The van der Waals surface area contributed by atoms with E-state index in [4.69, 9.17) is 15.9 Å². The molecular weight excluding hydrogens is 154 g/mol. The maximum atomic E-state index is 8.36. The number of anilines is 1. The van der Waals surface area contributed by atoms with Crippen molar-refractivity contribution in [2.45, 2.75) is 6.54 Å². The topological polar surface area (TPSA) is 63.4 Å². The molecule has 0 aliphatic carbocycles. The number of benzene rings is 1. The van der Waals surface area contributed by atoms with Crippen molar-refractivity contribution in [1.29, 1.82) is 5.39 Å². The molecular formula is C8H10N3O+. The summed E-state index contributed by atoms with van der Waals surface area (Å²) in [6, 6.07) is 5.20. The van der Waals surface area contributed by atoms with E-state index in [1.807, 2.05) is 0 Å². The van der Waals surface area contributed by atoms with Gasteiger partial charge in [0.25, 0.3) is 0 Å². The Bertz CT molecular complexity index is 317. The van der Waals surface area contributed by atoms with Gasteiger partial charge in [0.15, 0.2) is 0 Å². The monoisotopic (exact) mass is 164 g/mol. The minimum absolute atomic E-state index is 0.203. The molecule has 0 saturated heterocycles. The zero-order chi connectivity index (χ0) is 8.97. The van der Waals surface area contributed by atoms with Crippen LogP contribution in [0.15, 0.2) is 18.2 Å². The summed E-state index contributed by atoms with van der Waals surface area (Å²) in [6.45, 7) is 0.203. The van der Waals surface area contributed by atoms with Gasteiger partial charge in [-0.05, 0) is 18.2 Å². The third-order valence-corrected chi connectivity index (χ3v) is 1.55. The molecule has 4 nitrogen and oxygen atoms in total. The molecule has 1 rings (SSSR count). The minimum atomic E-state index is 0.203. The summed E-state index contributed by atoms with van der Waals surface area (Å²) >= 11 is 0. The van der Waals surface area contributed by atoms with E-state index in [1.54, 1.807) is 25.3 Å². The van der Waals surface area contributed by atoms with Crippen molar-refractivity contribution >= 4 is 5.69 Å². The van der Waals surface area contributed by atoms with Crippen LogP contribution in [0.25, 0.3) is 4.98 Å². The Hall–Kier alpha value is -1.76.